The number of hydrogen-bond donors (Lipinski definition) is 2. The predicted molar refractivity (Wildman–Crippen MR) is 119 cm³/mol. The second-order valence-electron chi connectivity index (χ2n) is 7.89. The number of rotatable bonds is 5. The van der Waals surface area contributed by atoms with Crippen molar-refractivity contribution in [2.24, 2.45) is 4.99 Å². The molecule has 1 aromatic carbocycles. The first kappa shape index (κ1) is 22.1. The highest BCUT2D eigenvalue weighted by molar-refractivity contribution is 7.90. The lowest BCUT2D eigenvalue weighted by Gasteiger charge is -2.23. The van der Waals surface area contributed by atoms with Gasteiger partial charge in [0, 0.05) is 25.2 Å². The topological polar surface area (TPSA) is 121 Å². The van der Waals surface area contributed by atoms with E-state index in [4.69, 9.17) is 4.42 Å². The molecule has 3 heterocycles. The normalized spacial score (nSPS) is 19.2. The fourth-order valence-electron chi connectivity index (χ4n) is 3.94. The molecule has 2 aliphatic rings. The number of anilines is 1. The van der Waals surface area contributed by atoms with Gasteiger partial charge in [-0.15, -0.1) is 0 Å². The van der Waals surface area contributed by atoms with Gasteiger partial charge < -0.3 is 14.6 Å². The molecule has 32 heavy (non-hydrogen) atoms. The van der Waals surface area contributed by atoms with E-state index < -0.39 is 16.1 Å². The highest BCUT2D eigenvalue weighted by Gasteiger charge is 2.35. The maximum atomic E-state index is 12.8. The van der Waals surface area contributed by atoms with Crippen LogP contribution in [0, 0.1) is 0 Å². The summed E-state index contributed by atoms with van der Waals surface area (Å²) in [7, 11) is -3.74. The minimum atomic E-state index is -3.74. The van der Waals surface area contributed by atoms with E-state index in [9.17, 15) is 18.0 Å². The second-order valence-corrected chi connectivity index (χ2v) is 9.57. The van der Waals surface area contributed by atoms with Gasteiger partial charge in [0.25, 0.3) is 15.9 Å². The zero-order valence-electron chi connectivity index (χ0n) is 17.6. The molecule has 1 aromatic heterocycles. The summed E-state index contributed by atoms with van der Waals surface area (Å²) in [5.41, 5.74) is 0.457. The van der Waals surface area contributed by atoms with Gasteiger partial charge in [0.1, 0.15) is 11.9 Å². The molecule has 2 N–H and O–H groups in total. The number of amidine groups is 1. The van der Waals surface area contributed by atoms with Crippen molar-refractivity contribution in [2.45, 2.75) is 49.5 Å². The van der Waals surface area contributed by atoms with Crippen molar-refractivity contribution in [2.75, 3.05) is 18.4 Å². The van der Waals surface area contributed by atoms with E-state index in [2.05, 4.69) is 15.0 Å². The Kier molecular flexibility index (Phi) is 6.59. The van der Waals surface area contributed by atoms with Crippen molar-refractivity contribution in [1.82, 2.24) is 9.62 Å². The Morgan fingerprint density at radius 2 is 1.88 bits per heavy atom. The van der Waals surface area contributed by atoms with E-state index in [1.165, 1.54) is 35.4 Å². The molecule has 2 amide bonds. The van der Waals surface area contributed by atoms with Crippen LogP contribution in [0.1, 0.15) is 49.1 Å². The van der Waals surface area contributed by atoms with Crippen LogP contribution in [0.15, 0.2) is 57.0 Å². The second kappa shape index (κ2) is 9.56. The third-order valence-corrected chi connectivity index (χ3v) is 7.00. The van der Waals surface area contributed by atoms with Crippen molar-refractivity contribution in [3.63, 3.8) is 0 Å². The molecule has 0 radical (unpaired) electrons. The van der Waals surface area contributed by atoms with Crippen LogP contribution in [0.2, 0.25) is 0 Å². The standard InChI is InChI=1S/C22H26N4O5S/c27-21(18-6-4-14-26(18)22(28)19-7-5-15-31-19)24-16-9-11-17(12-10-16)32(29,30)25-20-8-2-1-3-13-23-20/h5,7,9-12,15,18H,1-4,6,8,13-14H2,(H,23,25)(H,24,27)/t18-/m0/s1. The molecular formula is C22H26N4O5S. The van der Waals surface area contributed by atoms with Crippen molar-refractivity contribution in [1.29, 1.82) is 0 Å². The lowest BCUT2D eigenvalue weighted by atomic mass is 10.2. The number of nitrogens with one attached hydrogen (secondary N) is 2. The van der Waals surface area contributed by atoms with Gasteiger partial charge in [-0.25, -0.2) is 8.42 Å². The number of sulfonamides is 1. The van der Waals surface area contributed by atoms with E-state index in [0.29, 0.717) is 37.5 Å². The van der Waals surface area contributed by atoms with Gasteiger partial charge in [-0.3, -0.25) is 19.3 Å². The average Bonchev–Trinajstić information content (AvgIpc) is 3.43. The zero-order valence-corrected chi connectivity index (χ0v) is 18.4. The van der Waals surface area contributed by atoms with E-state index in [-0.39, 0.29) is 22.5 Å². The molecule has 2 aromatic rings. The average molecular weight is 459 g/mol. The first-order valence-electron chi connectivity index (χ1n) is 10.8. The molecule has 0 spiro atoms. The van der Waals surface area contributed by atoms with Gasteiger partial charge >= 0.3 is 0 Å². The third-order valence-electron chi connectivity index (χ3n) is 5.61. The first-order valence-corrected chi connectivity index (χ1v) is 12.2. The molecule has 0 saturated carbocycles. The number of hydrogen-bond acceptors (Lipinski definition) is 6. The summed E-state index contributed by atoms with van der Waals surface area (Å²) in [6, 6.07) is 8.55. The number of aliphatic imine (C=N–C) groups is 1. The fraction of sp³-hybridized carbons (Fsp3) is 0.409. The SMILES string of the molecule is O=C(Nc1ccc(S(=O)(=O)NC2=NCCCCC2)cc1)[C@@H]1CCCN1C(=O)c1ccco1. The van der Waals surface area contributed by atoms with E-state index in [1.807, 2.05) is 0 Å². The minimum Gasteiger partial charge on any atom is -0.459 e. The number of furan rings is 1. The summed E-state index contributed by atoms with van der Waals surface area (Å²) in [6.07, 6.45) is 6.22. The Morgan fingerprint density at radius 3 is 2.62 bits per heavy atom. The molecule has 10 heteroatoms. The number of amides is 2. The van der Waals surface area contributed by atoms with Gasteiger partial charge in [-0.2, -0.15) is 0 Å². The maximum Gasteiger partial charge on any atom is 0.290 e. The Hall–Kier alpha value is -3.14. The maximum absolute atomic E-state index is 12.8. The smallest absolute Gasteiger partial charge is 0.290 e. The monoisotopic (exact) mass is 458 g/mol. The molecule has 9 nitrogen and oxygen atoms in total. The van der Waals surface area contributed by atoms with Crippen molar-refractivity contribution in [3.05, 3.63) is 48.4 Å². The van der Waals surface area contributed by atoms with E-state index in [1.54, 1.807) is 12.1 Å². The highest BCUT2D eigenvalue weighted by Crippen LogP contribution is 2.23. The molecule has 0 bridgehead atoms. The summed E-state index contributed by atoms with van der Waals surface area (Å²) < 4.78 is 33.0. The number of nitrogens with zero attached hydrogens (tertiary/aromatic N) is 2. The summed E-state index contributed by atoms with van der Waals surface area (Å²) >= 11 is 0. The van der Waals surface area contributed by atoms with Crippen LogP contribution in [0.3, 0.4) is 0 Å². The number of carbonyl (C=O) groups is 2. The van der Waals surface area contributed by atoms with E-state index >= 15 is 0 Å². The molecule has 1 saturated heterocycles. The zero-order chi connectivity index (χ0) is 22.6. The molecule has 1 atom stereocenters. The first-order chi connectivity index (χ1) is 15.4. The molecule has 2 aliphatic heterocycles. The number of carbonyl (C=O) groups excluding carboxylic acids is 2. The van der Waals surface area contributed by atoms with Gasteiger partial charge in [0.15, 0.2) is 5.76 Å². The summed E-state index contributed by atoms with van der Waals surface area (Å²) in [5, 5.41) is 2.78. The molecule has 4 rings (SSSR count). The van der Waals surface area contributed by atoms with Gasteiger partial charge in [-0.1, -0.05) is 6.42 Å². The lowest BCUT2D eigenvalue weighted by Crippen LogP contribution is -2.43. The lowest BCUT2D eigenvalue weighted by molar-refractivity contribution is -0.119. The summed E-state index contributed by atoms with van der Waals surface area (Å²) in [4.78, 5) is 31.3. The van der Waals surface area contributed by atoms with Crippen LogP contribution in [0.25, 0.3) is 0 Å². The van der Waals surface area contributed by atoms with Crippen LogP contribution < -0.4 is 10.0 Å². The molecule has 170 valence electrons. The molecule has 0 unspecified atom stereocenters. The van der Waals surface area contributed by atoms with Crippen molar-refractivity contribution in [3.8, 4) is 0 Å². The Labute approximate surface area is 186 Å². The molecule has 1 fully saturated rings. The van der Waals surface area contributed by atoms with Crippen molar-refractivity contribution < 1.29 is 22.4 Å². The van der Waals surface area contributed by atoms with Gasteiger partial charge in [0.2, 0.25) is 5.91 Å². The van der Waals surface area contributed by atoms with Gasteiger partial charge in [0.05, 0.1) is 11.2 Å². The molecular weight excluding hydrogens is 432 g/mol. The van der Waals surface area contributed by atoms with Crippen LogP contribution in [-0.4, -0.2) is 50.1 Å². The minimum absolute atomic E-state index is 0.0953. The van der Waals surface area contributed by atoms with Crippen LogP contribution >= 0.6 is 0 Å². The van der Waals surface area contributed by atoms with Crippen molar-refractivity contribution >= 4 is 33.4 Å². The predicted octanol–water partition coefficient (Wildman–Crippen LogP) is 2.77. The third kappa shape index (κ3) is 5.01. The Bertz CT molecular complexity index is 1090. The van der Waals surface area contributed by atoms with Crippen LogP contribution in [-0.2, 0) is 14.8 Å². The van der Waals surface area contributed by atoms with Crippen LogP contribution in [0.4, 0.5) is 5.69 Å². The largest absolute Gasteiger partial charge is 0.459 e. The van der Waals surface area contributed by atoms with E-state index in [0.717, 1.165) is 25.7 Å². The summed E-state index contributed by atoms with van der Waals surface area (Å²) in [6.45, 7) is 1.10. The van der Waals surface area contributed by atoms with Gasteiger partial charge in [-0.05, 0) is 62.1 Å². The summed E-state index contributed by atoms with van der Waals surface area (Å²) in [5.74, 6) is 0.0537. The Morgan fingerprint density at radius 1 is 1.06 bits per heavy atom. The van der Waals surface area contributed by atoms with Crippen LogP contribution in [0.5, 0.6) is 0 Å². The number of benzene rings is 1. The Balaban J connectivity index is 1.40. The molecule has 0 aliphatic carbocycles. The quantitative estimate of drug-likeness (QED) is 0.714. The highest BCUT2D eigenvalue weighted by atomic mass is 32.2. The fourth-order valence-corrected chi connectivity index (χ4v) is 5.03. The number of likely N-dealkylation sites (tertiary alicyclic amines) is 1.